The molecular weight excluding hydrogens is 375 g/mol. The van der Waals surface area contributed by atoms with Gasteiger partial charge in [-0.3, -0.25) is 9.69 Å². The first-order valence-corrected chi connectivity index (χ1v) is 9.25. The lowest BCUT2D eigenvalue weighted by molar-refractivity contribution is -0.274. The molecule has 26 heavy (non-hydrogen) atoms. The van der Waals surface area contributed by atoms with Crippen LogP contribution in [0.25, 0.3) is 0 Å². The molecule has 9 heteroatoms. The van der Waals surface area contributed by atoms with Crippen LogP contribution >= 0.6 is 11.6 Å². The number of halogens is 4. The fraction of sp³-hybridized carbons (Fsp3) is 0.941. The summed E-state index contributed by atoms with van der Waals surface area (Å²) in [5.41, 5.74) is -0.872. The van der Waals surface area contributed by atoms with E-state index in [1.54, 1.807) is 0 Å². The Morgan fingerprint density at radius 2 is 2.04 bits per heavy atom. The zero-order valence-corrected chi connectivity index (χ0v) is 16.0. The Labute approximate surface area is 156 Å². The number of alkyl halides is 3. The van der Waals surface area contributed by atoms with Crippen molar-refractivity contribution >= 4 is 16.8 Å². The molecule has 0 amide bonds. The van der Waals surface area contributed by atoms with E-state index in [1.807, 2.05) is 13.8 Å². The molecule has 0 aromatic carbocycles. The van der Waals surface area contributed by atoms with Gasteiger partial charge >= 0.3 is 6.18 Å². The summed E-state index contributed by atoms with van der Waals surface area (Å²) in [5, 5.41) is 9.58. The number of methoxy groups -OCH3 is 1. The smallest absolute Gasteiger partial charge is 0.379 e. The van der Waals surface area contributed by atoms with E-state index in [4.69, 9.17) is 21.1 Å². The van der Waals surface area contributed by atoms with Crippen molar-refractivity contribution in [2.75, 3.05) is 20.3 Å². The fourth-order valence-corrected chi connectivity index (χ4v) is 4.71. The Hall–Kier alpha value is -0.410. The number of aliphatic hydroxyl groups excluding tert-OH is 1. The molecule has 1 saturated carbocycles. The van der Waals surface area contributed by atoms with Crippen molar-refractivity contribution in [1.82, 2.24) is 4.90 Å². The van der Waals surface area contributed by atoms with E-state index in [-0.39, 0.29) is 18.9 Å². The Morgan fingerprint density at radius 3 is 2.50 bits per heavy atom. The number of ether oxygens (including phenoxy) is 2. The van der Waals surface area contributed by atoms with Gasteiger partial charge in [-0.1, -0.05) is 13.8 Å². The minimum atomic E-state index is -4.80. The molecule has 0 aromatic heterocycles. The van der Waals surface area contributed by atoms with Gasteiger partial charge in [-0.15, -0.1) is 0 Å². The van der Waals surface area contributed by atoms with Crippen molar-refractivity contribution in [2.24, 2.45) is 11.3 Å². The quantitative estimate of drug-likeness (QED) is 0.547. The van der Waals surface area contributed by atoms with E-state index in [1.165, 1.54) is 7.11 Å². The lowest BCUT2D eigenvalue weighted by atomic mass is 9.76. The standard InChI is InChI=1S/C17H27ClF3NO4/c1-10(2)16(14(18)23)6-4-11(8-16)22(15(24)17(19,20)21)12-5-7-26-9-13(12)25-3/h10-13,15,24H,4-9H2,1-3H3/t11-,12+,13-,15?,16+/m1/s1. The van der Waals surface area contributed by atoms with Crippen LogP contribution in [0.5, 0.6) is 0 Å². The maximum absolute atomic E-state index is 13.4. The molecule has 0 radical (unpaired) electrons. The highest BCUT2D eigenvalue weighted by atomic mass is 35.5. The Balaban J connectivity index is 2.34. The molecule has 5 atom stereocenters. The zero-order chi connectivity index (χ0) is 19.7. The van der Waals surface area contributed by atoms with Crippen molar-refractivity contribution < 1.29 is 32.5 Å². The first-order valence-electron chi connectivity index (χ1n) is 8.87. The van der Waals surface area contributed by atoms with E-state index in [0.717, 1.165) is 4.90 Å². The number of carbonyl (C=O) groups excluding carboxylic acids is 1. The van der Waals surface area contributed by atoms with Gasteiger partial charge in [0.1, 0.15) is 0 Å². The minimum absolute atomic E-state index is 0.102. The van der Waals surface area contributed by atoms with Crippen LogP contribution in [0.4, 0.5) is 13.2 Å². The lowest BCUT2D eigenvalue weighted by Crippen LogP contribution is -2.60. The molecule has 0 aromatic rings. The number of rotatable bonds is 6. The SMILES string of the molecule is CO[C@@H]1COCC[C@@H]1N(C(O)C(F)(F)F)[C@@H]1CC[C@@](C(=O)Cl)(C(C)C)C1. The molecule has 1 N–H and O–H groups in total. The van der Waals surface area contributed by atoms with Crippen molar-refractivity contribution in [2.45, 2.75) is 70.1 Å². The van der Waals surface area contributed by atoms with E-state index < -0.39 is 41.2 Å². The van der Waals surface area contributed by atoms with E-state index in [2.05, 4.69) is 0 Å². The molecule has 1 aliphatic carbocycles. The van der Waals surface area contributed by atoms with Crippen LogP contribution in [0.1, 0.15) is 39.5 Å². The number of hydrogen-bond acceptors (Lipinski definition) is 5. The molecule has 5 nitrogen and oxygen atoms in total. The lowest BCUT2D eigenvalue weighted by Gasteiger charge is -2.45. The summed E-state index contributed by atoms with van der Waals surface area (Å²) >= 11 is 5.83. The highest BCUT2D eigenvalue weighted by molar-refractivity contribution is 6.64. The van der Waals surface area contributed by atoms with Crippen molar-refractivity contribution in [1.29, 1.82) is 0 Å². The van der Waals surface area contributed by atoms with E-state index in [0.29, 0.717) is 25.9 Å². The summed E-state index contributed by atoms with van der Waals surface area (Å²) in [4.78, 5) is 13.1. The van der Waals surface area contributed by atoms with Gasteiger partial charge in [0.05, 0.1) is 12.7 Å². The Morgan fingerprint density at radius 1 is 1.38 bits per heavy atom. The number of carbonyl (C=O) groups is 1. The second-order valence-corrected chi connectivity index (χ2v) is 7.89. The van der Waals surface area contributed by atoms with Crippen LogP contribution in [0.2, 0.25) is 0 Å². The van der Waals surface area contributed by atoms with Gasteiger partial charge < -0.3 is 14.6 Å². The minimum Gasteiger partial charge on any atom is -0.379 e. The van der Waals surface area contributed by atoms with Crippen LogP contribution in [-0.4, -0.2) is 66.2 Å². The summed E-state index contributed by atoms with van der Waals surface area (Å²) < 4.78 is 50.8. The predicted octanol–water partition coefficient (Wildman–Crippen LogP) is 2.93. The maximum Gasteiger partial charge on any atom is 0.428 e. The highest BCUT2D eigenvalue weighted by Crippen LogP contribution is 2.49. The normalized spacial score (nSPS) is 34.5. The van der Waals surface area contributed by atoms with Crippen LogP contribution in [0, 0.1) is 11.3 Å². The fourth-order valence-electron chi connectivity index (χ4n) is 4.32. The van der Waals surface area contributed by atoms with Gasteiger partial charge in [-0.25, -0.2) is 0 Å². The van der Waals surface area contributed by atoms with Gasteiger partial charge in [0.2, 0.25) is 11.5 Å². The topological polar surface area (TPSA) is 59.0 Å². The molecule has 1 aliphatic heterocycles. The average Bonchev–Trinajstić information content (AvgIpc) is 3.01. The molecule has 0 spiro atoms. The van der Waals surface area contributed by atoms with Crippen molar-refractivity contribution in [3.05, 3.63) is 0 Å². The molecule has 2 rings (SSSR count). The van der Waals surface area contributed by atoms with Crippen molar-refractivity contribution in [3.63, 3.8) is 0 Å². The first-order chi connectivity index (χ1) is 12.0. The third-order valence-corrected chi connectivity index (χ3v) is 6.35. The van der Waals surface area contributed by atoms with Gasteiger partial charge in [0.25, 0.3) is 0 Å². The second-order valence-electron chi connectivity index (χ2n) is 7.55. The average molecular weight is 402 g/mol. The maximum atomic E-state index is 13.4. The van der Waals surface area contributed by atoms with Gasteiger partial charge in [0, 0.05) is 31.2 Å². The molecule has 0 bridgehead atoms. The number of hydrogen-bond donors (Lipinski definition) is 1. The molecule has 2 fully saturated rings. The molecule has 1 saturated heterocycles. The number of aliphatic hydroxyl groups is 1. The van der Waals surface area contributed by atoms with Gasteiger partial charge in [-0.2, -0.15) is 13.2 Å². The molecule has 2 aliphatic rings. The number of nitrogens with zero attached hydrogens (tertiary/aromatic N) is 1. The summed E-state index contributed by atoms with van der Waals surface area (Å²) in [6.07, 6.45) is -6.75. The monoisotopic (exact) mass is 401 g/mol. The molecule has 1 unspecified atom stereocenters. The second kappa shape index (κ2) is 8.31. The third kappa shape index (κ3) is 4.19. The van der Waals surface area contributed by atoms with Crippen LogP contribution in [-0.2, 0) is 14.3 Å². The largest absolute Gasteiger partial charge is 0.428 e. The Bertz CT molecular complexity index is 505. The molecular formula is C17H27ClF3NO4. The van der Waals surface area contributed by atoms with Gasteiger partial charge in [0.15, 0.2) is 0 Å². The zero-order valence-electron chi connectivity index (χ0n) is 15.3. The van der Waals surface area contributed by atoms with Crippen LogP contribution in [0.15, 0.2) is 0 Å². The van der Waals surface area contributed by atoms with Crippen LogP contribution in [0.3, 0.4) is 0 Å². The summed E-state index contributed by atoms with van der Waals surface area (Å²) in [7, 11) is 1.42. The van der Waals surface area contributed by atoms with E-state index in [9.17, 15) is 23.1 Å². The first kappa shape index (κ1) is 21.9. The van der Waals surface area contributed by atoms with Gasteiger partial charge in [-0.05, 0) is 43.2 Å². The third-order valence-electron chi connectivity index (χ3n) is 5.97. The van der Waals surface area contributed by atoms with Crippen LogP contribution < -0.4 is 0 Å². The summed E-state index contributed by atoms with van der Waals surface area (Å²) in [6.45, 7) is 4.15. The summed E-state index contributed by atoms with van der Waals surface area (Å²) in [6, 6.07) is -1.26. The molecule has 1 heterocycles. The Kier molecular flexibility index (Phi) is 6.99. The predicted molar refractivity (Wildman–Crippen MR) is 89.7 cm³/mol. The molecule has 152 valence electrons. The summed E-state index contributed by atoms with van der Waals surface area (Å²) in [5.74, 6) is -0.102. The van der Waals surface area contributed by atoms with E-state index >= 15 is 0 Å². The van der Waals surface area contributed by atoms with Crippen molar-refractivity contribution in [3.8, 4) is 0 Å². The highest BCUT2D eigenvalue weighted by Gasteiger charge is 2.55.